The second-order valence-electron chi connectivity index (χ2n) is 6.53. The molecular formula is C20H24N2O4. The number of amides is 1. The minimum atomic E-state index is -0.884. The summed E-state index contributed by atoms with van der Waals surface area (Å²) in [5, 5.41) is 9.24. The Labute approximate surface area is 153 Å². The van der Waals surface area contributed by atoms with Gasteiger partial charge in [-0.1, -0.05) is 0 Å². The highest BCUT2D eigenvalue weighted by Crippen LogP contribution is 2.41. The summed E-state index contributed by atoms with van der Waals surface area (Å²) in [5.74, 6) is 0.700. The first-order chi connectivity index (χ1) is 12.5. The van der Waals surface area contributed by atoms with Crippen LogP contribution in [0.25, 0.3) is 5.70 Å². The number of fused-ring (bicyclic) bond motifs is 1. The molecule has 0 radical (unpaired) electrons. The maximum absolute atomic E-state index is 12.4. The number of nitriles is 1. The van der Waals surface area contributed by atoms with E-state index in [2.05, 4.69) is 6.07 Å². The first-order valence-corrected chi connectivity index (χ1v) is 9.02. The molecule has 1 atom stereocenters. The van der Waals surface area contributed by atoms with Crippen molar-refractivity contribution in [1.29, 1.82) is 5.26 Å². The zero-order chi connectivity index (χ0) is 18.7. The van der Waals surface area contributed by atoms with Gasteiger partial charge in [-0.2, -0.15) is 5.26 Å². The normalized spacial score (nSPS) is 22.0. The molecule has 1 saturated heterocycles. The largest absolute Gasteiger partial charge is 0.477 e. The van der Waals surface area contributed by atoms with Crippen molar-refractivity contribution in [2.24, 2.45) is 0 Å². The van der Waals surface area contributed by atoms with Gasteiger partial charge in [-0.05, 0) is 51.5 Å². The van der Waals surface area contributed by atoms with E-state index >= 15 is 0 Å². The molecular weight excluding hydrogens is 332 g/mol. The first kappa shape index (κ1) is 18.4. The smallest absolute Gasteiger partial charge is 0.227 e. The maximum atomic E-state index is 12.4. The van der Waals surface area contributed by atoms with Gasteiger partial charge in [0.05, 0.1) is 17.3 Å². The molecule has 1 unspecified atom stereocenters. The van der Waals surface area contributed by atoms with Gasteiger partial charge in [0.1, 0.15) is 5.75 Å². The topological polar surface area (TPSA) is 71.8 Å². The van der Waals surface area contributed by atoms with Crippen molar-refractivity contribution in [2.75, 3.05) is 19.8 Å². The van der Waals surface area contributed by atoms with Gasteiger partial charge < -0.3 is 19.1 Å². The highest BCUT2D eigenvalue weighted by Gasteiger charge is 2.42. The third-order valence-corrected chi connectivity index (χ3v) is 4.61. The van der Waals surface area contributed by atoms with Gasteiger partial charge in [-0.3, -0.25) is 4.79 Å². The van der Waals surface area contributed by atoms with Crippen LogP contribution in [0.5, 0.6) is 5.75 Å². The van der Waals surface area contributed by atoms with E-state index in [1.807, 2.05) is 26.8 Å². The van der Waals surface area contributed by atoms with E-state index in [9.17, 15) is 10.1 Å². The van der Waals surface area contributed by atoms with E-state index in [1.54, 1.807) is 23.1 Å². The predicted octanol–water partition coefficient (Wildman–Crippen LogP) is 3.07. The van der Waals surface area contributed by atoms with Crippen molar-refractivity contribution in [1.82, 2.24) is 4.90 Å². The van der Waals surface area contributed by atoms with E-state index in [4.69, 9.17) is 14.2 Å². The summed E-state index contributed by atoms with van der Waals surface area (Å²) >= 11 is 0. The summed E-state index contributed by atoms with van der Waals surface area (Å²) < 4.78 is 17.8. The van der Waals surface area contributed by atoms with Gasteiger partial charge in [0.2, 0.25) is 12.2 Å². The molecule has 6 heteroatoms. The second kappa shape index (κ2) is 7.48. The summed E-state index contributed by atoms with van der Waals surface area (Å²) in [6.07, 6.45) is 2.65. The predicted molar refractivity (Wildman–Crippen MR) is 96.2 cm³/mol. The van der Waals surface area contributed by atoms with Crippen LogP contribution in [-0.4, -0.2) is 42.5 Å². The van der Waals surface area contributed by atoms with Gasteiger partial charge in [-0.15, -0.1) is 0 Å². The lowest BCUT2D eigenvalue weighted by Gasteiger charge is -2.40. The molecule has 0 spiro atoms. The Morgan fingerprint density at radius 3 is 2.65 bits per heavy atom. The number of likely N-dealkylation sites (tertiary alicyclic amines) is 1. The number of carbonyl (C=O) groups excluding carboxylic acids is 1. The third-order valence-electron chi connectivity index (χ3n) is 4.61. The zero-order valence-electron chi connectivity index (χ0n) is 15.4. The number of rotatable bonds is 6. The molecule has 0 saturated carbocycles. The number of ether oxygens (including phenoxy) is 3. The lowest BCUT2D eigenvalue weighted by molar-refractivity contribution is -0.204. The number of hydrogen-bond donors (Lipinski definition) is 0. The van der Waals surface area contributed by atoms with E-state index in [0.717, 1.165) is 17.7 Å². The molecule has 1 aromatic carbocycles. The van der Waals surface area contributed by atoms with Crippen LogP contribution in [0.3, 0.4) is 0 Å². The Balaban J connectivity index is 2.10. The standard InChI is InChI=1S/C20H24N2O4/c1-4-24-19(25-5-2)20(3)12-16(22-10-6-7-18(22)23)15-11-14(13-21)8-9-17(15)26-20/h8-9,11-12,19H,4-7,10H2,1-3H3. The van der Waals surface area contributed by atoms with Crippen LogP contribution >= 0.6 is 0 Å². The minimum Gasteiger partial charge on any atom is -0.477 e. The van der Waals surface area contributed by atoms with Gasteiger partial charge in [0, 0.05) is 31.7 Å². The molecule has 0 N–H and O–H groups in total. The molecule has 1 fully saturated rings. The number of nitrogens with zero attached hydrogens (tertiary/aromatic N) is 2. The van der Waals surface area contributed by atoms with Crippen LogP contribution in [0.4, 0.5) is 0 Å². The molecule has 138 valence electrons. The highest BCUT2D eigenvalue weighted by molar-refractivity contribution is 5.90. The van der Waals surface area contributed by atoms with E-state index in [1.165, 1.54) is 0 Å². The van der Waals surface area contributed by atoms with Gasteiger partial charge >= 0.3 is 0 Å². The average molecular weight is 356 g/mol. The molecule has 2 aliphatic rings. The van der Waals surface area contributed by atoms with Crippen molar-refractivity contribution >= 4 is 11.6 Å². The Hall–Kier alpha value is -2.36. The van der Waals surface area contributed by atoms with Crippen molar-refractivity contribution in [3.8, 4) is 11.8 Å². The molecule has 0 aliphatic carbocycles. The molecule has 0 aromatic heterocycles. The van der Waals surface area contributed by atoms with Crippen LogP contribution in [-0.2, 0) is 14.3 Å². The van der Waals surface area contributed by atoms with E-state index in [-0.39, 0.29) is 5.91 Å². The summed E-state index contributed by atoms with van der Waals surface area (Å²) in [6, 6.07) is 7.40. The summed E-state index contributed by atoms with van der Waals surface area (Å²) in [5.41, 5.74) is 1.16. The zero-order valence-corrected chi connectivity index (χ0v) is 15.4. The lowest BCUT2D eigenvalue weighted by Crippen LogP contribution is -2.49. The maximum Gasteiger partial charge on any atom is 0.227 e. The van der Waals surface area contributed by atoms with Gasteiger partial charge in [-0.25, -0.2) is 0 Å². The lowest BCUT2D eigenvalue weighted by atomic mass is 9.95. The first-order valence-electron chi connectivity index (χ1n) is 9.02. The van der Waals surface area contributed by atoms with Crippen molar-refractivity contribution in [3.05, 3.63) is 35.4 Å². The molecule has 1 amide bonds. The van der Waals surface area contributed by atoms with Crippen LogP contribution in [0.2, 0.25) is 0 Å². The molecule has 26 heavy (non-hydrogen) atoms. The number of hydrogen-bond acceptors (Lipinski definition) is 5. The van der Waals surface area contributed by atoms with Gasteiger partial charge in [0.15, 0.2) is 5.60 Å². The second-order valence-corrected chi connectivity index (χ2v) is 6.53. The Bertz CT molecular complexity index is 762. The summed E-state index contributed by atoms with van der Waals surface area (Å²) in [4.78, 5) is 14.2. The monoisotopic (exact) mass is 356 g/mol. The Kier molecular flexibility index (Phi) is 5.30. The number of carbonyl (C=O) groups is 1. The van der Waals surface area contributed by atoms with E-state index < -0.39 is 11.9 Å². The average Bonchev–Trinajstić information content (AvgIpc) is 3.06. The summed E-state index contributed by atoms with van der Waals surface area (Å²) in [7, 11) is 0. The Morgan fingerprint density at radius 1 is 1.35 bits per heavy atom. The number of benzene rings is 1. The molecule has 3 rings (SSSR count). The van der Waals surface area contributed by atoms with E-state index in [0.29, 0.717) is 37.5 Å². The third kappa shape index (κ3) is 3.33. The van der Waals surface area contributed by atoms with Crippen LogP contribution in [0, 0.1) is 11.3 Å². The molecule has 2 aliphatic heterocycles. The van der Waals surface area contributed by atoms with Gasteiger partial charge in [0.25, 0.3) is 0 Å². The fraction of sp³-hybridized carbons (Fsp3) is 0.500. The SMILES string of the molecule is CCOC(OCC)C1(C)C=C(N2CCCC2=O)c2cc(C#N)ccc2O1. The molecule has 0 bridgehead atoms. The van der Waals surface area contributed by atoms with Crippen LogP contribution in [0.15, 0.2) is 24.3 Å². The molecule has 2 heterocycles. The fourth-order valence-electron chi connectivity index (χ4n) is 3.43. The van der Waals surface area contributed by atoms with Crippen LogP contribution in [0.1, 0.15) is 44.7 Å². The highest BCUT2D eigenvalue weighted by atomic mass is 16.7. The van der Waals surface area contributed by atoms with Crippen molar-refractivity contribution in [2.45, 2.75) is 45.5 Å². The Morgan fingerprint density at radius 2 is 2.08 bits per heavy atom. The van der Waals surface area contributed by atoms with Crippen LogP contribution < -0.4 is 4.74 Å². The minimum absolute atomic E-state index is 0.0816. The fourth-order valence-corrected chi connectivity index (χ4v) is 3.43. The molecule has 1 aromatic rings. The molecule has 6 nitrogen and oxygen atoms in total. The van der Waals surface area contributed by atoms with Crippen molar-refractivity contribution < 1.29 is 19.0 Å². The summed E-state index contributed by atoms with van der Waals surface area (Å²) in [6.45, 7) is 7.32. The van der Waals surface area contributed by atoms with Crippen molar-refractivity contribution in [3.63, 3.8) is 0 Å². The quantitative estimate of drug-likeness (QED) is 0.733.